The number of allylic oxidation sites excluding steroid dienone is 1. The number of nitrogens with one attached hydrogen (secondary N) is 1. The van der Waals surface area contributed by atoms with Gasteiger partial charge in [0.05, 0.1) is 25.9 Å². The number of carbonyl (C=O) groups excluding carboxylic acids is 2. The molecule has 0 saturated carbocycles. The zero-order valence-corrected chi connectivity index (χ0v) is 22.1. The predicted molar refractivity (Wildman–Crippen MR) is 142 cm³/mol. The van der Waals surface area contributed by atoms with Crippen molar-refractivity contribution in [2.45, 2.75) is 23.9 Å². The van der Waals surface area contributed by atoms with E-state index in [1.54, 1.807) is 21.7 Å². The van der Waals surface area contributed by atoms with Gasteiger partial charge in [-0.05, 0) is 30.2 Å². The van der Waals surface area contributed by atoms with Gasteiger partial charge in [0, 0.05) is 24.5 Å². The number of aromatic nitrogens is 3. The molecule has 3 aromatic rings. The molecular formula is C27H29N5O5S. The van der Waals surface area contributed by atoms with E-state index in [0.717, 1.165) is 11.3 Å². The maximum Gasteiger partial charge on any atom is 0.338 e. The summed E-state index contributed by atoms with van der Waals surface area (Å²) >= 11 is 1.52. The summed E-state index contributed by atoms with van der Waals surface area (Å²) in [5.74, 6) is 1.31. The quantitative estimate of drug-likeness (QED) is 0.343. The average Bonchev–Trinajstić information content (AvgIpc) is 3.37. The third kappa shape index (κ3) is 5.68. The van der Waals surface area contributed by atoms with E-state index in [1.807, 2.05) is 37.3 Å². The van der Waals surface area contributed by atoms with Gasteiger partial charge in [-0.25, -0.2) is 9.48 Å². The molecule has 0 radical (unpaired) electrons. The van der Waals surface area contributed by atoms with Gasteiger partial charge in [-0.1, -0.05) is 54.2 Å². The Morgan fingerprint density at radius 1 is 1.11 bits per heavy atom. The molecule has 0 spiro atoms. The minimum atomic E-state index is -0.540. The number of benzene rings is 2. The van der Waals surface area contributed by atoms with E-state index in [1.165, 1.54) is 24.4 Å². The van der Waals surface area contributed by atoms with Gasteiger partial charge in [0.15, 0.2) is 6.61 Å². The highest BCUT2D eigenvalue weighted by atomic mass is 32.2. The Kier molecular flexibility index (Phi) is 7.94. The van der Waals surface area contributed by atoms with Crippen molar-refractivity contribution in [3.63, 3.8) is 0 Å². The lowest BCUT2D eigenvalue weighted by Crippen LogP contribution is -2.42. The predicted octanol–water partition coefficient (Wildman–Crippen LogP) is 3.27. The molecule has 5 rings (SSSR count). The number of rotatable bonds is 8. The topological polar surface area (TPSA) is 108 Å². The van der Waals surface area contributed by atoms with Gasteiger partial charge < -0.3 is 24.4 Å². The Labute approximate surface area is 225 Å². The summed E-state index contributed by atoms with van der Waals surface area (Å²) < 4.78 is 17.9. The monoisotopic (exact) mass is 535 g/mol. The van der Waals surface area contributed by atoms with E-state index >= 15 is 0 Å². The summed E-state index contributed by atoms with van der Waals surface area (Å²) in [5, 5.41) is 8.53. The fourth-order valence-corrected chi connectivity index (χ4v) is 5.18. The average molecular weight is 536 g/mol. The molecule has 11 heteroatoms. The lowest BCUT2D eigenvalue weighted by Gasteiger charge is -2.28. The first-order valence-electron chi connectivity index (χ1n) is 12.3. The van der Waals surface area contributed by atoms with Gasteiger partial charge >= 0.3 is 5.97 Å². The molecular weight excluding hydrogens is 506 g/mol. The molecule has 0 bridgehead atoms. The second kappa shape index (κ2) is 11.7. The van der Waals surface area contributed by atoms with Crippen molar-refractivity contribution in [1.82, 2.24) is 19.7 Å². The summed E-state index contributed by atoms with van der Waals surface area (Å²) in [6, 6.07) is 16.9. The van der Waals surface area contributed by atoms with Crippen LogP contribution in [0.15, 0.2) is 71.0 Å². The molecule has 198 valence electrons. The number of morpholine rings is 1. The van der Waals surface area contributed by atoms with Gasteiger partial charge in [0.1, 0.15) is 11.8 Å². The molecule has 1 amide bonds. The van der Waals surface area contributed by atoms with Gasteiger partial charge in [0.2, 0.25) is 11.1 Å². The van der Waals surface area contributed by atoms with Gasteiger partial charge in [-0.2, -0.15) is 4.98 Å². The van der Waals surface area contributed by atoms with Gasteiger partial charge in [-0.3, -0.25) is 4.79 Å². The second-order valence-electron chi connectivity index (χ2n) is 8.85. The number of nitrogens with zero attached hydrogens (tertiary/aromatic N) is 4. The van der Waals surface area contributed by atoms with Crippen molar-refractivity contribution >= 4 is 29.6 Å². The van der Waals surface area contributed by atoms with Crippen molar-refractivity contribution < 1.29 is 23.8 Å². The van der Waals surface area contributed by atoms with Crippen LogP contribution in [0.4, 0.5) is 5.95 Å². The smallest absolute Gasteiger partial charge is 0.338 e. The molecule has 2 aliphatic rings. The Morgan fingerprint density at radius 3 is 2.55 bits per heavy atom. The Hall–Kier alpha value is -3.83. The van der Waals surface area contributed by atoms with E-state index < -0.39 is 12.0 Å². The normalized spacial score (nSPS) is 17.0. The number of methoxy groups -OCH3 is 1. The molecule has 10 nitrogen and oxygen atoms in total. The van der Waals surface area contributed by atoms with Crippen molar-refractivity contribution in [2.75, 3.05) is 45.3 Å². The van der Waals surface area contributed by atoms with Crippen LogP contribution >= 0.6 is 11.8 Å². The maximum absolute atomic E-state index is 12.8. The van der Waals surface area contributed by atoms with Crippen LogP contribution in [0.25, 0.3) is 0 Å². The summed E-state index contributed by atoms with van der Waals surface area (Å²) in [5.41, 5.74) is 3.07. The number of thioether (sulfide) groups is 1. The zero-order valence-electron chi connectivity index (χ0n) is 21.3. The Bertz CT molecular complexity index is 1320. The zero-order chi connectivity index (χ0) is 26.5. The molecule has 1 atom stereocenters. The molecule has 0 aliphatic carbocycles. The fraction of sp³-hybridized carbons (Fsp3) is 0.333. The lowest BCUT2D eigenvalue weighted by molar-refractivity contribution is -0.137. The number of anilines is 1. The number of hydrogen-bond acceptors (Lipinski definition) is 9. The van der Waals surface area contributed by atoms with Gasteiger partial charge in [0.25, 0.3) is 5.91 Å². The van der Waals surface area contributed by atoms with E-state index in [0.29, 0.717) is 54.4 Å². The van der Waals surface area contributed by atoms with Crippen LogP contribution in [0.3, 0.4) is 0 Å². The Morgan fingerprint density at radius 2 is 1.84 bits per heavy atom. The first-order chi connectivity index (χ1) is 18.5. The standard InChI is InChI=1S/C27H29N5O5S/c1-18-23(25(34)35-2)24(32-26(28-18)29-27(30-32)38-17-19-6-4-3-5-7-19)20-8-10-21(11-9-20)37-16-22(33)31-12-14-36-15-13-31/h3-11,24H,12-17H2,1-2H3,(H,28,29,30). The highest BCUT2D eigenvalue weighted by Crippen LogP contribution is 2.37. The second-order valence-corrected chi connectivity index (χ2v) is 9.79. The van der Waals surface area contributed by atoms with Crippen molar-refractivity contribution in [3.8, 4) is 5.75 Å². The number of amides is 1. The summed E-state index contributed by atoms with van der Waals surface area (Å²) in [4.78, 5) is 31.6. The summed E-state index contributed by atoms with van der Waals surface area (Å²) in [6.07, 6.45) is 0. The van der Waals surface area contributed by atoms with Crippen LogP contribution in [0.5, 0.6) is 5.75 Å². The van der Waals surface area contributed by atoms with Crippen molar-refractivity contribution in [3.05, 3.63) is 77.0 Å². The summed E-state index contributed by atoms with van der Waals surface area (Å²) in [7, 11) is 1.36. The maximum atomic E-state index is 12.8. The SMILES string of the molecule is COC(=O)C1=C(C)Nc2nc(SCc3ccccc3)nn2C1c1ccc(OCC(=O)N2CCOCC2)cc1. The van der Waals surface area contributed by atoms with E-state index in [2.05, 4.69) is 22.4 Å². The van der Waals surface area contributed by atoms with E-state index in [9.17, 15) is 9.59 Å². The number of carbonyl (C=O) groups is 2. The molecule has 1 aromatic heterocycles. The molecule has 1 fully saturated rings. The first kappa shape index (κ1) is 25.8. The molecule has 1 N–H and O–H groups in total. The molecule has 1 unspecified atom stereocenters. The highest BCUT2D eigenvalue weighted by molar-refractivity contribution is 7.98. The molecule has 1 saturated heterocycles. The van der Waals surface area contributed by atoms with Crippen LogP contribution in [-0.2, 0) is 24.8 Å². The number of hydrogen-bond donors (Lipinski definition) is 1. The minimum Gasteiger partial charge on any atom is -0.484 e. The van der Waals surface area contributed by atoms with E-state index in [4.69, 9.17) is 19.3 Å². The largest absolute Gasteiger partial charge is 0.484 e. The van der Waals surface area contributed by atoms with Crippen LogP contribution in [-0.4, -0.2) is 71.6 Å². The first-order valence-corrected chi connectivity index (χ1v) is 13.3. The van der Waals surface area contributed by atoms with Crippen molar-refractivity contribution in [1.29, 1.82) is 0 Å². The van der Waals surface area contributed by atoms with Crippen molar-refractivity contribution in [2.24, 2.45) is 0 Å². The van der Waals surface area contributed by atoms with Crippen LogP contribution < -0.4 is 10.1 Å². The van der Waals surface area contributed by atoms with Gasteiger partial charge in [-0.15, -0.1) is 5.10 Å². The highest BCUT2D eigenvalue weighted by Gasteiger charge is 2.35. The molecule has 3 heterocycles. The van der Waals surface area contributed by atoms with Crippen LogP contribution in [0, 0.1) is 0 Å². The third-order valence-electron chi connectivity index (χ3n) is 6.37. The molecule has 2 aromatic carbocycles. The van der Waals surface area contributed by atoms with E-state index in [-0.39, 0.29) is 12.5 Å². The van der Waals surface area contributed by atoms with Crippen LogP contribution in [0.2, 0.25) is 0 Å². The molecule has 2 aliphatic heterocycles. The number of fused-ring (bicyclic) bond motifs is 1. The Balaban J connectivity index is 1.35. The fourth-order valence-electron chi connectivity index (χ4n) is 4.39. The summed E-state index contributed by atoms with van der Waals surface area (Å²) in [6.45, 7) is 4.01. The molecule has 38 heavy (non-hydrogen) atoms. The van der Waals surface area contributed by atoms with Crippen LogP contribution in [0.1, 0.15) is 24.1 Å². The third-order valence-corrected chi connectivity index (χ3v) is 7.28. The number of ether oxygens (including phenoxy) is 3. The number of esters is 1. The lowest BCUT2D eigenvalue weighted by atomic mass is 9.96. The minimum absolute atomic E-state index is 0.0473.